The summed E-state index contributed by atoms with van der Waals surface area (Å²) in [5.41, 5.74) is 10.1. The van der Waals surface area contributed by atoms with E-state index in [9.17, 15) is 0 Å². The third-order valence-electron chi connectivity index (χ3n) is 9.10. The van der Waals surface area contributed by atoms with Gasteiger partial charge in [-0.2, -0.15) is 12.1 Å². The number of halogens is 2. The van der Waals surface area contributed by atoms with E-state index < -0.39 is 20.8 Å². The first-order valence-electron chi connectivity index (χ1n) is 18.2. The van der Waals surface area contributed by atoms with Gasteiger partial charge in [0.15, 0.2) is 0 Å². The molecule has 0 aliphatic heterocycles. The van der Waals surface area contributed by atoms with Crippen molar-refractivity contribution in [2.75, 3.05) is 0 Å². The predicted molar refractivity (Wildman–Crippen MR) is 227 cm³/mol. The van der Waals surface area contributed by atoms with Gasteiger partial charge in [-0.15, -0.1) is 69.1 Å². The number of para-hydroxylation sites is 2. The number of nitrogens with zero attached hydrogens (tertiary/aromatic N) is 2. The van der Waals surface area contributed by atoms with E-state index >= 15 is 0 Å². The molecule has 0 unspecified atom stereocenters. The summed E-state index contributed by atoms with van der Waals surface area (Å²) in [7, 11) is 11.0. The van der Waals surface area contributed by atoms with Crippen LogP contribution in [-0.4, -0.2) is 19.5 Å². The monoisotopic (exact) mass is 814 g/mol. The molecule has 0 N–H and O–H groups in total. The van der Waals surface area contributed by atoms with Gasteiger partial charge in [0.1, 0.15) is 0 Å². The first-order chi connectivity index (χ1) is 25.6. The van der Waals surface area contributed by atoms with Gasteiger partial charge in [-0.3, -0.25) is 9.97 Å². The van der Waals surface area contributed by atoms with Crippen LogP contribution in [0.4, 0.5) is 0 Å². The molecule has 2 heterocycles. The first kappa shape index (κ1) is 39.8. The van der Waals surface area contributed by atoms with E-state index in [1.807, 2.05) is 24.5 Å². The first-order valence-corrected chi connectivity index (χ1v) is 26.5. The van der Waals surface area contributed by atoms with Crippen LogP contribution in [0.5, 0.6) is 0 Å². The third-order valence-corrected chi connectivity index (χ3v) is 9.10. The van der Waals surface area contributed by atoms with Gasteiger partial charge in [0.2, 0.25) is 0 Å². The molecule has 262 valence electrons. The van der Waals surface area contributed by atoms with E-state index in [1.54, 1.807) is 0 Å². The number of pyridine rings is 2. The molecule has 6 aromatic carbocycles. The van der Waals surface area contributed by atoms with Crippen molar-refractivity contribution in [1.82, 2.24) is 9.97 Å². The fraction of sp³-hybridized carbons (Fsp3) is 0.217. The molecule has 6 heteroatoms. The maximum absolute atomic E-state index is 4.93. The molecule has 2 nitrogen and oxygen atoms in total. The number of hydrogen-bond acceptors (Lipinski definition) is 2. The zero-order valence-electron chi connectivity index (χ0n) is 30.6. The number of aromatic nitrogens is 2. The molecular weight excluding hydrogens is 771 g/mol. The van der Waals surface area contributed by atoms with E-state index in [0.717, 1.165) is 20.6 Å². The van der Waals surface area contributed by atoms with Crippen LogP contribution in [0.2, 0.25) is 13.1 Å². The van der Waals surface area contributed by atoms with Gasteiger partial charge in [-0.1, -0.05) is 124 Å². The number of unbranched alkanes of at least 4 members (excludes halogenated alkanes) is 2. The Morgan fingerprint density at radius 3 is 1.33 bits per heavy atom. The second-order valence-electron chi connectivity index (χ2n) is 12.9. The van der Waals surface area contributed by atoms with Crippen LogP contribution < -0.4 is 0 Å². The second kappa shape index (κ2) is 20.7. The van der Waals surface area contributed by atoms with Gasteiger partial charge < -0.3 is 0 Å². The molecule has 0 aliphatic rings. The van der Waals surface area contributed by atoms with Gasteiger partial charge in [0.25, 0.3) is 0 Å². The molecule has 52 heavy (non-hydrogen) atoms. The van der Waals surface area contributed by atoms with E-state index in [2.05, 4.69) is 146 Å². The number of hydrogen-bond donors (Lipinski definition) is 0. The molecule has 0 bridgehead atoms. The van der Waals surface area contributed by atoms with Crippen molar-refractivity contribution in [3.63, 3.8) is 0 Å². The molecule has 0 saturated carbocycles. The summed E-state index contributed by atoms with van der Waals surface area (Å²) in [4.78, 5) is 9.24. The molecule has 2 aromatic heterocycles. The standard InChI is InChI=1S/2C22H20N.C2H6Si.2ClH.Zr/c2*1-2-3-7-16-14-18-9-5-11-19(21(18)15-16)20-12-4-8-17-10-6-13-23-22(17)20;1-3-2;;;/h2*4-6,8-15H,2-3,7H2,1H3;1-2H3;2*1H;/q2*-1;;;;+4/p-2. The molecule has 0 saturated heterocycles. The fourth-order valence-electron chi connectivity index (χ4n) is 6.76. The molecule has 0 atom stereocenters. The minimum atomic E-state index is -0.826. The summed E-state index contributed by atoms with van der Waals surface area (Å²) in [6, 6.07) is 43.7. The van der Waals surface area contributed by atoms with Gasteiger partial charge in [-0.25, -0.2) is 0 Å². The average molecular weight is 817 g/mol. The second-order valence-corrected chi connectivity index (χ2v) is 17.6. The molecular formula is C46H46Cl2N2SiZr. The Morgan fingerprint density at radius 2 is 0.923 bits per heavy atom. The normalized spacial score (nSPS) is 10.6. The van der Waals surface area contributed by atoms with E-state index in [1.165, 1.54) is 104 Å². The van der Waals surface area contributed by atoms with Crippen molar-refractivity contribution in [2.45, 2.75) is 65.5 Å². The van der Waals surface area contributed by atoms with E-state index in [0.29, 0.717) is 0 Å². The molecule has 0 aliphatic carbocycles. The molecule has 8 rings (SSSR count). The Kier molecular flexibility index (Phi) is 15.9. The van der Waals surface area contributed by atoms with E-state index in [-0.39, 0.29) is 0 Å². The van der Waals surface area contributed by atoms with Crippen molar-refractivity contribution in [3.8, 4) is 22.3 Å². The van der Waals surface area contributed by atoms with Crippen LogP contribution in [0.15, 0.2) is 134 Å². The number of fused-ring (bicyclic) bond motifs is 4. The van der Waals surface area contributed by atoms with E-state index in [4.69, 9.17) is 17.0 Å². The molecule has 0 amide bonds. The third kappa shape index (κ3) is 9.97. The Balaban J connectivity index is 0.000000175. The average Bonchev–Trinajstić information content (AvgIpc) is 3.81. The van der Waals surface area contributed by atoms with Gasteiger partial charge in [0.05, 0.1) is 11.0 Å². The van der Waals surface area contributed by atoms with Gasteiger partial charge in [-0.05, 0) is 36.1 Å². The molecule has 0 fully saturated rings. The van der Waals surface area contributed by atoms with Gasteiger partial charge in [0, 0.05) is 32.7 Å². The van der Waals surface area contributed by atoms with Crippen molar-refractivity contribution < 1.29 is 20.8 Å². The van der Waals surface area contributed by atoms with Crippen LogP contribution >= 0.6 is 17.0 Å². The molecule has 0 spiro atoms. The van der Waals surface area contributed by atoms with Crippen LogP contribution in [0, 0.1) is 0 Å². The molecule has 8 aromatic rings. The summed E-state index contributed by atoms with van der Waals surface area (Å²) in [5.74, 6) is 0. The quantitative estimate of drug-likeness (QED) is 0.113. The number of benzene rings is 4. The topological polar surface area (TPSA) is 25.8 Å². The zero-order valence-corrected chi connectivity index (χ0v) is 35.6. The minimum absolute atomic E-state index is 0.826. The summed E-state index contributed by atoms with van der Waals surface area (Å²) < 4.78 is 0. The van der Waals surface area contributed by atoms with Crippen molar-refractivity contribution >= 4 is 69.9 Å². The molecule has 2 radical (unpaired) electrons. The van der Waals surface area contributed by atoms with Crippen molar-refractivity contribution in [1.29, 1.82) is 0 Å². The van der Waals surface area contributed by atoms with Gasteiger partial charge >= 0.3 is 37.9 Å². The Morgan fingerprint density at radius 1 is 0.558 bits per heavy atom. The van der Waals surface area contributed by atoms with Crippen molar-refractivity contribution in [2.24, 2.45) is 0 Å². The summed E-state index contributed by atoms with van der Waals surface area (Å²) in [5, 5.41) is 7.75. The van der Waals surface area contributed by atoms with Crippen LogP contribution in [0.1, 0.15) is 50.7 Å². The number of aryl methyl sites for hydroxylation is 2. The predicted octanol–water partition coefficient (Wildman–Crippen LogP) is 14.4. The summed E-state index contributed by atoms with van der Waals surface area (Å²) in [6.07, 6.45) is 11.1. The maximum atomic E-state index is 4.93. The zero-order chi connectivity index (χ0) is 36.7. The summed E-state index contributed by atoms with van der Waals surface area (Å²) in [6.45, 7) is 8.80. The number of rotatable bonds is 8. The van der Waals surface area contributed by atoms with Crippen molar-refractivity contribution in [3.05, 3.63) is 145 Å². The fourth-order valence-corrected chi connectivity index (χ4v) is 6.76. The summed E-state index contributed by atoms with van der Waals surface area (Å²) >= 11 is -0.826. The van der Waals surface area contributed by atoms with Crippen LogP contribution in [0.25, 0.3) is 65.6 Å². The Hall–Kier alpha value is -3.40. The Bertz CT molecular complexity index is 2130. The SMILES string of the molecule is CCCCc1cc2c(-c3cccc4cccnc34)cccc2[cH-]1.CCCCc1cc2c(-c3cccc4cccnc34)cccc2[cH-]1.C[Si]C.[Cl][Zr+2][Cl]. The van der Waals surface area contributed by atoms with Crippen LogP contribution in [0.3, 0.4) is 0 Å². The Labute approximate surface area is 330 Å². The van der Waals surface area contributed by atoms with Crippen LogP contribution in [-0.2, 0) is 33.7 Å².